The summed E-state index contributed by atoms with van der Waals surface area (Å²) in [5.74, 6) is 2.18. The highest BCUT2D eigenvalue weighted by Gasteiger charge is 2.16. The summed E-state index contributed by atoms with van der Waals surface area (Å²) in [4.78, 5) is 8.17. The van der Waals surface area contributed by atoms with E-state index < -0.39 is 0 Å². The fourth-order valence-electron chi connectivity index (χ4n) is 2.43. The van der Waals surface area contributed by atoms with Gasteiger partial charge >= 0.3 is 0 Å². The Bertz CT molecular complexity index is 880. The molecule has 2 aromatic carbocycles. The molecule has 7 heteroatoms. The number of hydrogen-bond donors (Lipinski definition) is 4. The summed E-state index contributed by atoms with van der Waals surface area (Å²) in [6.45, 7) is 0.975. The summed E-state index contributed by atoms with van der Waals surface area (Å²) < 4.78 is 5.77. The molecular formula is C19H20N6O. The van der Waals surface area contributed by atoms with Crippen LogP contribution in [0.25, 0.3) is 0 Å². The van der Waals surface area contributed by atoms with E-state index in [4.69, 9.17) is 21.6 Å². The number of rotatable bonds is 7. The van der Waals surface area contributed by atoms with Crippen LogP contribution in [0.15, 0.2) is 60.9 Å². The molecule has 3 rings (SSSR count). The fraction of sp³-hybridized carbons (Fsp3) is 0.105. The van der Waals surface area contributed by atoms with Gasteiger partial charge in [-0.2, -0.15) is 0 Å². The van der Waals surface area contributed by atoms with Crippen LogP contribution in [0, 0.1) is 5.41 Å². The summed E-state index contributed by atoms with van der Waals surface area (Å²) in [6.07, 6.45) is 1.36. The van der Waals surface area contributed by atoms with Crippen LogP contribution in [0.3, 0.4) is 0 Å². The molecule has 3 aromatic rings. The highest BCUT2D eigenvalue weighted by Crippen LogP contribution is 2.25. The van der Waals surface area contributed by atoms with Crippen LogP contribution in [-0.2, 0) is 0 Å². The van der Waals surface area contributed by atoms with Gasteiger partial charge in [-0.25, -0.2) is 9.97 Å². The zero-order valence-electron chi connectivity index (χ0n) is 14.1. The van der Waals surface area contributed by atoms with Crippen molar-refractivity contribution in [1.29, 1.82) is 5.41 Å². The minimum atomic E-state index is 0.230. The lowest BCUT2D eigenvalue weighted by molar-refractivity contribution is 0.482. The summed E-state index contributed by atoms with van der Waals surface area (Å²) in [5, 5.41) is 11.6. The highest BCUT2D eigenvalue weighted by molar-refractivity contribution is 6.16. The van der Waals surface area contributed by atoms with E-state index >= 15 is 0 Å². The topological polar surface area (TPSA) is 123 Å². The molecule has 0 amide bonds. The average molecular weight is 348 g/mol. The van der Waals surface area contributed by atoms with Gasteiger partial charge in [-0.1, -0.05) is 18.2 Å². The van der Waals surface area contributed by atoms with Gasteiger partial charge in [0.1, 0.15) is 29.5 Å². The molecule has 7 nitrogen and oxygen atoms in total. The largest absolute Gasteiger partial charge is 0.457 e. The molecule has 1 aromatic heterocycles. The number of hydrogen-bond acceptors (Lipinski definition) is 7. The van der Waals surface area contributed by atoms with E-state index in [1.807, 2.05) is 42.5 Å². The maximum absolute atomic E-state index is 8.51. The minimum absolute atomic E-state index is 0.230. The molecule has 0 bridgehead atoms. The molecule has 0 atom stereocenters. The number of para-hydroxylation sites is 1. The Labute approximate surface area is 151 Å². The SMILES string of the molecule is N=C(c1ccc(Oc2ccccc2)cc1)c1c(N)ncnc1NCCN. The van der Waals surface area contributed by atoms with Gasteiger partial charge in [-0.05, 0) is 36.4 Å². The van der Waals surface area contributed by atoms with E-state index in [9.17, 15) is 0 Å². The van der Waals surface area contributed by atoms with Crippen LogP contribution in [0.5, 0.6) is 11.5 Å². The van der Waals surface area contributed by atoms with Gasteiger partial charge < -0.3 is 21.5 Å². The lowest BCUT2D eigenvalue weighted by Gasteiger charge is -2.13. The van der Waals surface area contributed by atoms with Gasteiger partial charge in [0.15, 0.2) is 0 Å². The molecule has 0 aliphatic carbocycles. The van der Waals surface area contributed by atoms with Crippen LogP contribution in [0.4, 0.5) is 11.6 Å². The zero-order valence-corrected chi connectivity index (χ0v) is 14.1. The lowest BCUT2D eigenvalue weighted by Crippen LogP contribution is -2.18. The number of nitrogens with two attached hydrogens (primary N) is 2. The summed E-state index contributed by atoms with van der Waals surface area (Å²) in [5.41, 5.74) is 12.9. The zero-order chi connectivity index (χ0) is 18.4. The molecule has 0 saturated carbocycles. The lowest BCUT2D eigenvalue weighted by atomic mass is 10.0. The molecule has 0 unspecified atom stereocenters. The monoisotopic (exact) mass is 348 g/mol. The van der Waals surface area contributed by atoms with Crippen LogP contribution >= 0.6 is 0 Å². The number of benzene rings is 2. The Hall–Kier alpha value is -3.45. The molecule has 0 fully saturated rings. The third-order valence-corrected chi connectivity index (χ3v) is 3.69. The van der Waals surface area contributed by atoms with Crippen molar-refractivity contribution in [3.8, 4) is 11.5 Å². The van der Waals surface area contributed by atoms with E-state index in [0.717, 1.165) is 5.75 Å². The van der Waals surface area contributed by atoms with Gasteiger partial charge in [0.2, 0.25) is 0 Å². The Balaban J connectivity index is 1.82. The molecule has 26 heavy (non-hydrogen) atoms. The maximum atomic E-state index is 8.51. The number of ether oxygens (including phenoxy) is 1. The number of aromatic nitrogens is 2. The van der Waals surface area contributed by atoms with E-state index in [-0.39, 0.29) is 11.5 Å². The molecule has 0 aliphatic heterocycles. The third kappa shape index (κ3) is 3.96. The van der Waals surface area contributed by atoms with E-state index in [0.29, 0.717) is 35.8 Å². The molecule has 0 spiro atoms. The van der Waals surface area contributed by atoms with Gasteiger partial charge in [0.05, 0.1) is 11.3 Å². The van der Waals surface area contributed by atoms with Crippen molar-refractivity contribution in [2.75, 3.05) is 24.1 Å². The van der Waals surface area contributed by atoms with Gasteiger partial charge in [0, 0.05) is 18.7 Å². The van der Waals surface area contributed by atoms with E-state index in [1.165, 1.54) is 6.33 Å². The van der Waals surface area contributed by atoms with Crippen molar-refractivity contribution in [2.24, 2.45) is 5.73 Å². The van der Waals surface area contributed by atoms with Gasteiger partial charge in [-0.15, -0.1) is 0 Å². The molecule has 0 aliphatic rings. The second kappa shape index (κ2) is 8.09. The van der Waals surface area contributed by atoms with E-state index in [2.05, 4.69) is 15.3 Å². The Morgan fingerprint density at radius 2 is 1.69 bits per heavy atom. The fourth-order valence-corrected chi connectivity index (χ4v) is 2.43. The quantitative estimate of drug-likeness (QED) is 0.487. The minimum Gasteiger partial charge on any atom is -0.457 e. The first-order chi connectivity index (χ1) is 12.7. The van der Waals surface area contributed by atoms with Crippen molar-refractivity contribution < 1.29 is 4.74 Å². The molecule has 132 valence electrons. The number of nitrogen functional groups attached to an aromatic ring is 1. The predicted molar refractivity (Wildman–Crippen MR) is 103 cm³/mol. The van der Waals surface area contributed by atoms with Crippen LogP contribution in [-0.4, -0.2) is 28.8 Å². The Kier molecular flexibility index (Phi) is 5.40. The maximum Gasteiger partial charge on any atom is 0.141 e. The smallest absolute Gasteiger partial charge is 0.141 e. The van der Waals surface area contributed by atoms with Gasteiger partial charge in [-0.3, -0.25) is 5.41 Å². The standard InChI is InChI=1S/C19H20N6O/c20-10-11-23-19-16(18(22)24-12-25-19)17(21)13-6-8-15(9-7-13)26-14-4-2-1-3-5-14/h1-9,12,21H,10-11,20H2,(H3,22,23,24,25). The Morgan fingerprint density at radius 3 is 2.38 bits per heavy atom. The van der Waals surface area contributed by atoms with Crippen molar-refractivity contribution in [2.45, 2.75) is 0 Å². The first-order valence-electron chi connectivity index (χ1n) is 8.15. The van der Waals surface area contributed by atoms with Crippen LogP contribution < -0.4 is 21.5 Å². The van der Waals surface area contributed by atoms with Crippen molar-refractivity contribution in [3.05, 3.63) is 72.1 Å². The summed E-state index contributed by atoms with van der Waals surface area (Å²) in [6, 6.07) is 16.7. The Morgan fingerprint density at radius 1 is 1.00 bits per heavy atom. The normalized spacial score (nSPS) is 10.3. The highest BCUT2D eigenvalue weighted by atomic mass is 16.5. The molecule has 0 radical (unpaired) electrons. The molecular weight excluding hydrogens is 328 g/mol. The first-order valence-corrected chi connectivity index (χ1v) is 8.15. The molecule has 0 saturated heterocycles. The van der Waals surface area contributed by atoms with Gasteiger partial charge in [0.25, 0.3) is 0 Å². The van der Waals surface area contributed by atoms with Crippen LogP contribution in [0.1, 0.15) is 11.1 Å². The summed E-state index contributed by atoms with van der Waals surface area (Å²) in [7, 11) is 0. The third-order valence-electron chi connectivity index (χ3n) is 3.69. The van der Waals surface area contributed by atoms with E-state index in [1.54, 1.807) is 12.1 Å². The second-order valence-corrected chi connectivity index (χ2v) is 5.51. The first kappa shape index (κ1) is 17.4. The van der Waals surface area contributed by atoms with Crippen molar-refractivity contribution in [1.82, 2.24) is 9.97 Å². The number of nitrogens with zero attached hydrogens (tertiary/aromatic N) is 2. The average Bonchev–Trinajstić information content (AvgIpc) is 2.67. The van der Waals surface area contributed by atoms with Crippen LogP contribution in [0.2, 0.25) is 0 Å². The number of nitrogens with one attached hydrogen (secondary N) is 2. The predicted octanol–water partition coefficient (Wildman–Crippen LogP) is 2.64. The second-order valence-electron chi connectivity index (χ2n) is 5.51. The van der Waals surface area contributed by atoms with Crippen molar-refractivity contribution in [3.63, 3.8) is 0 Å². The number of anilines is 2. The molecule has 1 heterocycles. The molecule has 6 N–H and O–H groups in total. The summed E-state index contributed by atoms with van der Waals surface area (Å²) >= 11 is 0. The van der Waals surface area contributed by atoms with Crippen molar-refractivity contribution >= 4 is 17.3 Å².